The first-order valence-corrected chi connectivity index (χ1v) is 9.69. The SMILES string of the molecule is O=C(CCN1C(=O)S/C(=C\c2ccccc2)C1=O)NCCc1ccc(O)cc1. The molecule has 1 heterocycles. The monoisotopic (exact) mass is 396 g/mol. The minimum absolute atomic E-state index is 0.0574. The van der Waals surface area contributed by atoms with Crippen LogP contribution in [0.2, 0.25) is 0 Å². The van der Waals surface area contributed by atoms with Crippen molar-refractivity contribution < 1.29 is 19.5 Å². The van der Waals surface area contributed by atoms with Gasteiger partial charge in [0.2, 0.25) is 5.91 Å². The van der Waals surface area contributed by atoms with Gasteiger partial charge < -0.3 is 10.4 Å². The highest BCUT2D eigenvalue weighted by Gasteiger charge is 2.34. The second kappa shape index (κ2) is 9.23. The Labute approximate surface area is 167 Å². The van der Waals surface area contributed by atoms with Crippen molar-refractivity contribution in [3.05, 3.63) is 70.6 Å². The van der Waals surface area contributed by atoms with Crippen LogP contribution < -0.4 is 5.32 Å². The van der Waals surface area contributed by atoms with Crippen molar-refractivity contribution in [1.82, 2.24) is 10.2 Å². The van der Waals surface area contributed by atoms with Gasteiger partial charge in [0.05, 0.1) is 4.91 Å². The molecule has 28 heavy (non-hydrogen) atoms. The number of hydrogen-bond donors (Lipinski definition) is 2. The zero-order valence-electron chi connectivity index (χ0n) is 15.1. The van der Waals surface area contributed by atoms with Crippen LogP contribution >= 0.6 is 11.8 Å². The van der Waals surface area contributed by atoms with Crippen LogP contribution in [-0.4, -0.2) is 40.1 Å². The molecular weight excluding hydrogens is 376 g/mol. The van der Waals surface area contributed by atoms with Crippen molar-refractivity contribution in [2.75, 3.05) is 13.1 Å². The van der Waals surface area contributed by atoms with E-state index >= 15 is 0 Å². The van der Waals surface area contributed by atoms with Gasteiger partial charge in [0.25, 0.3) is 11.1 Å². The van der Waals surface area contributed by atoms with Gasteiger partial charge in [0.15, 0.2) is 0 Å². The fourth-order valence-electron chi connectivity index (χ4n) is 2.70. The van der Waals surface area contributed by atoms with E-state index in [0.717, 1.165) is 27.8 Å². The molecule has 144 valence electrons. The molecule has 0 spiro atoms. The fraction of sp³-hybridized carbons (Fsp3) is 0.190. The van der Waals surface area contributed by atoms with Crippen LogP contribution in [0.25, 0.3) is 6.08 Å². The third-order valence-corrected chi connectivity index (χ3v) is 5.11. The number of rotatable bonds is 7. The van der Waals surface area contributed by atoms with E-state index in [1.54, 1.807) is 30.3 Å². The topological polar surface area (TPSA) is 86.7 Å². The van der Waals surface area contributed by atoms with Crippen molar-refractivity contribution in [3.8, 4) is 5.75 Å². The lowest BCUT2D eigenvalue weighted by molar-refractivity contribution is -0.124. The standard InChI is InChI=1S/C21H20N2O4S/c24-17-8-6-15(7-9-17)10-12-22-19(25)11-13-23-20(26)18(28-21(23)27)14-16-4-2-1-3-5-16/h1-9,14,24H,10-13H2,(H,22,25)/b18-14-. The first-order valence-electron chi connectivity index (χ1n) is 8.88. The number of amides is 3. The van der Waals surface area contributed by atoms with Crippen LogP contribution in [0.5, 0.6) is 5.75 Å². The first kappa shape index (κ1) is 19.7. The number of hydrogen-bond acceptors (Lipinski definition) is 5. The van der Waals surface area contributed by atoms with Crippen molar-refractivity contribution in [3.63, 3.8) is 0 Å². The Balaban J connectivity index is 1.46. The summed E-state index contributed by atoms with van der Waals surface area (Å²) in [6.45, 7) is 0.501. The molecule has 3 rings (SSSR count). The smallest absolute Gasteiger partial charge is 0.293 e. The number of nitrogens with one attached hydrogen (secondary N) is 1. The Morgan fingerprint density at radius 3 is 2.50 bits per heavy atom. The average Bonchev–Trinajstić information content (AvgIpc) is 2.95. The number of phenolic OH excluding ortho intramolecular Hbond substituents is 1. The molecule has 0 atom stereocenters. The molecule has 1 aliphatic rings. The van der Waals surface area contributed by atoms with E-state index < -0.39 is 0 Å². The first-order chi connectivity index (χ1) is 13.5. The molecule has 2 aromatic rings. The fourth-order valence-corrected chi connectivity index (χ4v) is 3.57. The maximum absolute atomic E-state index is 12.4. The largest absolute Gasteiger partial charge is 0.508 e. The number of phenols is 1. The van der Waals surface area contributed by atoms with Crippen LogP contribution in [-0.2, 0) is 16.0 Å². The molecule has 1 fully saturated rings. The van der Waals surface area contributed by atoms with Crippen LogP contribution in [0.15, 0.2) is 59.5 Å². The van der Waals surface area contributed by atoms with Crippen LogP contribution in [0.1, 0.15) is 17.5 Å². The molecule has 2 aromatic carbocycles. The molecule has 0 saturated carbocycles. The zero-order valence-corrected chi connectivity index (χ0v) is 15.9. The highest BCUT2D eigenvalue weighted by atomic mass is 32.2. The highest BCUT2D eigenvalue weighted by molar-refractivity contribution is 8.18. The van der Waals surface area contributed by atoms with Gasteiger partial charge >= 0.3 is 0 Å². The van der Waals surface area contributed by atoms with Gasteiger partial charge in [0, 0.05) is 19.5 Å². The van der Waals surface area contributed by atoms with E-state index in [1.807, 2.05) is 30.3 Å². The van der Waals surface area contributed by atoms with Crippen LogP contribution in [0.4, 0.5) is 4.79 Å². The van der Waals surface area contributed by atoms with Gasteiger partial charge in [-0.05, 0) is 47.5 Å². The summed E-state index contributed by atoms with van der Waals surface area (Å²) >= 11 is 0.891. The van der Waals surface area contributed by atoms with Crippen molar-refractivity contribution in [2.45, 2.75) is 12.8 Å². The van der Waals surface area contributed by atoms with E-state index in [1.165, 1.54) is 0 Å². The molecule has 1 aliphatic heterocycles. The summed E-state index contributed by atoms with van der Waals surface area (Å²) in [6, 6.07) is 16.1. The van der Waals surface area contributed by atoms with E-state index in [9.17, 15) is 19.5 Å². The molecule has 0 radical (unpaired) electrons. The Hall–Kier alpha value is -3.06. The van der Waals surface area contributed by atoms with Gasteiger partial charge in [-0.3, -0.25) is 19.3 Å². The van der Waals surface area contributed by atoms with Gasteiger partial charge in [-0.1, -0.05) is 42.5 Å². The summed E-state index contributed by atoms with van der Waals surface area (Å²) in [6.07, 6.45) is 2.38. The Bertz CT molecular complexity index is 894. The molecule has 2 N–H and O–H groups in total. The molecule has 0 aliphatic carbocycles. The number of aromatic hydroxyl groups is 1. The number of carbonyl (C=O) groups is 3. The molecular formula is C21H20N2O4S. The minimum atomic E-state index is -0.365. The molecule has 0 aromatic heterocycles. The third kappa shape index (κ3) is 5.23. The van der Waals surface area contributed by atoms with Crippen molar-refractivity contribution in [2.24, 2.45) is 0 Å². The maximum Gasteiger partial charge on any atom is 0.293 e. The number of nitrogens with zero attached hydrogens (tertiary/aromatic N) is 1. The minimum Gasteiger partial charge on any atom is -0.508 e. The van der Waals surface area contributed by atoms with E-state index in [2.05, 4.69) is 5.32 Å². The lowest BCUT2D eigenvalue weighted by atomic mass is 10.1. The summed E-state index contributed by atoms with van der Waals surface area (Å²) in [5.41, 5.74) is 1.84. The zero-order chi connectivity index (χ0) is 19.9. The Kier molecular flexibility index (Phi) is 6.49. The summed E-state index contributed by atoms with van der Waals surface area (Å²) in [5, 5.41) is 11.7. The number of carbonyl (C=O) groups excluding carboxylic acids is 3. The predicted molar refractivity (Wildman–Crippen MR) is 109 cm³/mol. The van der Waals surface area contributed by atoms with E-state index in [4.69, 9.17) is 0 Å². The number of imide groups is 1. The molecule has 6 nitrogen and oxygen atoms in total. The van der Waals surface area contributed by atoms with Crippen LogP contribution in [0, 0.1) is 0 Å². The average molecular weight is 396 g/mol. The Morgan fingerprint density at radius 2 is 1.79 bits per heavy atom. The van der Waals surface area contributed by atoms with Gasteiger partial charge in [-0.25, -0.2) is 0 Å². The molecule has 3 amide bonds. The second-order valence-electron chi connectivity index (χ2n) is 6.26. The molecule has 0 unspecified atom stereocenters. The molecule has 7 heteroatoms. The lowest BCUT2D eigenvalue weighted by Crippen LogP contribution is -2.34. The van der Waals surface area contributed by atoms with Crippen molar-refractivity contribution in [1.29, 1.82) is 0 Å². The van der Waals surface area contributed by atoms with E-state index in [0.29, 0.717) is 17.9 Å². The van der Waals surface area contributed by atoms with E-state index in [-0.39, 0.29) is 35.8 Å². The second-order valence-corrected chi connectivity index (χ2v) is 7.25. The normalized spacial score (nSPS) is 15.3. The molecule has 1 saturated heterocycles. The Morgan fingerprint density at radius 1 is 1.07 bits per heavy atom. The predicted octanol–water partition coefficient (Wildman–Crippen LogP) is 3.18. The lowest BCUT2D eigenvalue weighted by Gasteiger charge is -2.12. The summed E-state index contributed by atoms with van der Waals surface area (Å²) < 4.78 is 0. The molecule has 0 bridgehead atoms. The summed E-state index contributed by atoms with van der Waals surface area (Å²) in [5.74, 6) is -0.383. The number of benzene rings is 2. The number of thioether (sulfide) groups is 1. The summed E-state index contributed by atoms with van der Waals surface area (Å²) in [4.78, 5) is 38.0. The van der Waals surface area contributed by atoms with Gasteiger partial charge in [0.1, 0.15) is 5.75 Å². The summed E-state index contributed by atoms with van der Waals surface area (Å²) in [7, 11) is 0. The quantitative estimate of drug-likeness (QED) is 0.702. The van der Waals surface area contributed by atoms with Crippen molar-refractivity contribution >= 4 is 34.9 Å². The highest BCUT2D eigenvalue weighted by Crippen LogP contribution is 2.32. The van der Waals surface area contributed by atoms with Crippen LogP contribution in [0.3, 0.4) is 0 Å². The maximum atomic E-state index is 12.4. The van der Waals surface area contributed by atoms with Gasteiger partial charge in [-0.15, -0.1) is 0 Å². The van der Waals surface area contributed by atoms with Gasteiger partial charge in [-0.2, -0.15) is 0 Å². The third-order valence-electron chi connectivity index (χ3n) is 4.21.